The number of hydrogen-bond donors (Lipinski definition) is 0. The van der Waals surface area contributed by atoms with E-state index in [1.54, 1.807) is 0 Å². The highest BCUT2D eigenvalue weighted by Gasteiger charge is 2.10. The molecule has 28 valence electrons. The summed E-state index contributed by atoms with van der Waals surface area (Å²) < 4.78 is 0. The van der Waals surface area contributed by atoms with E-state index in [1.807, 2.05) is 0 Å². The topological polar surface area (TPSA) is 0 Å². The Hall–Kier alpha value is 0. The van der Waals surface area contributed by atoms with E-state index in [0.29, 0.717) is 0 Å². The maximum absolute atomic E-state index is 2.29. The minimum atomic E-state index is 0.815. The standard InChI is InChI=1S/C5H8/c1-5-3-2-4-5/h3-5H,2H2,1H3. The second kappa shape index (κ2) is 1.00. The Morgan fingerprint density at radius 3 is 2.00 bits per heavy atom. The van der Waals surface area contributed by atoms with Crippen molar-refractivity contribution >= 4 is 0 Å². The van der Waals surface area contributed by atoms with Gasteiger partial charge in [-0.05, 0) is 25.2 Å². The molecule has 1 fully saturated rings. The zero-order valence-corrected chi connectivity index (χ0v) is 3.44. The van der Waals surface area contributed by atoms with Gasteiger partial charge in [-0.2, -0.15) is 0 Å². The van der Waals surface area contributed by atoms with Crippen LogP contribution in [-0.4, -0.2) is 0 Å². The zero-order chi connectivity index (χ0) is 3.70. The van der Waals surface area contributed by atoms with Crippen LogP contribution in [0.4, 0.5) is 0 Å². The molecular weight excluding hydrogens is 60.1 g/mol. The lowest BCUT2D eigenvalue weighted by Gasteiger charge is -2.17. The third-order valence-corrected chi connectivity index (χ3v) is 1.02. The molecule has 0 aromatic heterocycles. The lowest BCUT2D eigenvalue weighted by atomic mass is 9.88. The van der Waals surface area contributed by atoms with Gasteiger partial charge < -0.3 is 0 Å². The van der Waals surface area contributed by atoms with Gasteiger partial charge in [0.2, 0.25) is 0 Å². The van der Waals surface area contributed by atoms with Gasteiger partial charge in [0.15, 0.2) is 0 Å². The first-order valence-electron chi connectivity index (χ1n) is 2.06. The Morgan fingerprint density at radius 2 is 2.00 bits per heavy atom. The van der Waals surface area contributed by atoms with Gasteiger partial charge in [0.25, 0.3) is 0 Å². The van der Waals surface area contributed by atoms with Crippen molar-refractivity contribution in [2.45, 2.75) is 13.3 Å². The summed E-state index contributed by atoms with van der Waals surface area (Å²) in [6.45, 7) is 2.20. The third-order valence-electron chi connectivity index (χ3n) is 1.02. The molecule has 0 aliphatic heterocycles. The van der Waals surface area contributed by atoms with Gasteiger partial charge in [-0.1, -0.05) is 6.92 Å². The van der Waals surface area contributed by atoms with E-state index < -0.39 is 0 Å². The fourth-order valence-electron chi connectivity index (χ4n) is 0.408. The van der Waals surface area contributed by atoms with Crippen LogP contribution in [0.15, 0.2) is 0 Å². The van der Waals surface area contributed by atoms with E-state index >= 15 is 0 Å². The molecule has 1 aliphatic carbocycles. The van der Waals surface area contributed by atoms with Crippen LogP contribution in [0.5, 0.6) is 0 Å². The summed E-state index contributed by atoms with van der Waals surface area (Å²) in [5.41, 5.74) is 0. The van der Waals surface area contributed by atoms with E-state index in [-0.39, 0.29) is 0 Å². The van der Waals surface area contributed by atoms with Crippen molar-refractivity contribution in [1.29, 1.82) is 0 Å². The van der Waals surface area contributed by atoms with Gasteiger partial charge in [-0.15, -0.1) is 0 Å². The lowest BCUT2D eigenvalue weighted by molar-refractivity contribution is 0.621. The molecular formula is C5H8. The van der Waals surface area contributed by atoms with Crippen LogP contribution in [0.3, 0.4) is 0 Å². The molecule has 0 bridgehead atoms. The summed E-state index contributed by atoms with van der Waals surface area (Å²) in [5, 5.41) is 0. The number of hydrogen-bond acceptors (Lipinski definition) is 0. The van der Waals surface area contributed by atoms with Crippen molar-refractivity contribution in [2.75, 3.05) is 0 Å². The Kier molecular flexibility index (Phi) is 0.640. The molecule has 0 aromatic carbocycles. The quantitative estimate of drug-likeness (QED) is 0.403. The van der Waals surface area contributed by atoms with E-state index in [0.717, 1.165) is 5.92 Å². The fourth-order valence-corrected chi connectivity index (χ4v) is 0.408. The minimum Gasteiger partial charge on any atom is -0.0620 e. The molecule has 0 aromatic rings. The molecule has 0 unspecified atom stereocenters. The van der Waals surface area contributed by atoms with Crippen LogP contribution in [0.25, 0.3) is 0 Å². The van der Waals surface area contributed by atoms with E-state index in [2.05, 4.69) is 19.8 Å². The van der Waals surface area contributed by atoms with Crippen molar-refractivity contribution in [1.82, 2.24) is 0 Å². The smallest absolute Gasteiger partial charge is 0.0352 e. The highest BCUT2D eigenvalue weighted by Crippen LogP contribution is 2.21. The molecule has 2 radical (unpaired) electrons. The first-order valence-corrected chi connectivity index (χ1v) is 2.06. The average Bonchev–Trinajstić information content (AvgIpc) is 1.30. The molecule has 0 heterocycles. The Labute approximate surface area is 33.2 Å². The van der Waals surface area contributed by atoms with Crippen molar-refractivity contribution in [3.05, 3.63) is 12.8 Å². The average molecular weight is 68.1 g/mol. The zero-order valence-electron chi connectivity index (χ0n) is 3.44. The molecule has 0 spiro atoms. The van der Waals surface area contributed by atoms with E-state index in [1.165, 1.54) is 6.42 Å². The predicted molar refractivity (Wildman–Crippen MR) is 22.4 cm³/mol. The number of rotatable bonds is 0. The molecule has 0 amide bonds. The molecule has 0 heteroatoms. The summed E-state index contributed by atoms with van der Waals surface area (Å²) in [6, 6.07) is 0. The van der Waals surface area contributed by atoms with Crippen LogP contribution in [0.1, 0.15) is 13.3 Å². The van der Waals surface area contributed by atoms with Crippen molar-refractivity contribution < 1.29 is 0 Å². The highest BCUT2D eigenvalue weighted by atomic mass is 14.1. The van der Waals surface area contributed by atoms with Crippen molar-refractivity contribution in [2.24, 2.45) is 5.92 Å². The van der Waals surface area contributed by atoms with Gasteiger partial charge in [-0.25, -0.2) is 0 Å². The van der Waals surface area contributed by atoms with Gasteiger partial charge >= 0.3 is 0 Å². The molecule has 1 saturated carbocycles. The largest absolute Gasteiger partial charge is 0.0620 e. The SMILES string of the molecule is CC1[CH]C[CH]1. The first kappa shape index (κ1) is 3.20. The molecule has 0 saturated heterocycles. The molecule has 1 aliphatic rings. The van der Waals surface area contributed by atoms with Crippen LogP contribution in [0, 0.1) is 18.8 Å². The molecule has 1 rings (SSSR count). The Bertz CT molecular complexity index is 27.0. The van der Waals surface area contributed by atoms with Crippen molar-refractivity contribution in [3.63, 3.8) is 0 Å². The first-order chi connectivity index (χ1) is 2.39. The Morgan fingerprint density at radius 1 is 1.60 bits per heavy atom. The highest BCUT2D eigenvalue weighted by molar-refractivity contribution is 4.98. The second-order valence-electron chi connectivity index (χ2n) is 1.57. The summed E-state index contributed by atoms with van der Waals surface area (Å²) in [6.07, 6.45) is 5.82. The Balaban J connectivity index is 2.08. The maximum atomic E-state index is 2.29. The molecule has 5 heavy (non-hydrogen) atoms. The van der Waals surface area contributed by atoms with Gasteiger partial charge in [0, 0.05) is 0 Å². The molecule has 0 nitrogen and oxygen atoms in total. The third kappa shape index (κ3) is 0.444. The van der Waals surface area contributed by atoms with Gasteiger partial charge in [0.1, 0.15) is 0 Å². The second-order valence-corrected chi connectivity index (χ2v) is 1.57. The van der Waals surface area contributed by atoms with Crippen LogP contribution < -0.4 is 0 Å². The fraction of sp³-hybridized carbons (Fsp3) is 0.600. The summed E-state index contributed by atoms with van der Waals surface area (Å²) in [4.78, 5) is 0. The predicted octanol–water partition coefficient (Wildman–Crippen LogP) is 1.43. The van der Waals surface area contributed by atoms with E-state index in [4.69, 9.17) is 0 Å². The van der Waals surface area contributed by atoms with Crippen LogP contribution in [-0.2, 0) is 0 Å². The van der Waals surface area contributed by atoms with Crippen molar-refractivity contribution in [3.8, 4) is 0 Å². The lowest BCUT2D eigenvalue weighted by Crippen LogP contribution is -2.06. The molecule has 0 atom stereocenters. The minimum absolute atomic E-state index is 0.815. The maximum Gasteiger partial charge on any atom is -0.0352 e. The van der Waals surface area contributed by atoms with Crippen LogP contribution in [0.2, 0.25) is 0 Å². The monoisotopic (exact) mass is 68.1 g/mol. The van der Waals surface area contributed by atoms with E-state index in [9.17, 15) is 0 Å². The summed E-state index contributed by atoms with van der Waals surface area (Å²) in [7, 11) is 0. The summed E-state index contributed by atoms with van der Waals surface area (Å²) in [5.74, 6) is 0.815. The normalized spacial score (nSPS) is 25.8. The molecule has 0 N–H and O–H groups in total. The van der Waals surface area contributed by atoms with Gasteiger partial charge in [0.05, 0.1) is 0 Å². The van der Waals surface area contributed by atoms with Crippen LogP contribution >= 0.6 is 0 Å². The summed E-state index contributed by atoms with van der Waals surface area (Å²) >= 11 is 0. The van der Waals surface area contributed by atoms with Gasteiger partial charge in [-0.3, -0.25) is 0 Å².